The number of rotatable bonds is 5. The maximum absolute atomic E-state index is 11.8. The van der Waals surface area contributed by atoms with Crippen molar-refractivity contribution in [3.63, 3.8) is 0 Å². The second-order valence-corrected chi connectivity index (χ2v) is 2.60. The molecular formula is C8H11F3O4. The summed E-state index contributed by atoms with van der Waals surface area (Å²) in [7, 11) is 2.49. The maximum atomic E-state index is 11.8. The van der Waals surface area contributed by atoms with E-state index >= 15 is 0 Å². The predicted octanol–water partition coefficient (Wildman–Crippen LogP) is 1.57. The summed E-state index contributed by atoms with van der Waals surface area (Å²) in [5, 5.41) is 8.45. The zero-order valence-corrected chi connectivity index (χ0v) is 8.17. The molecular weight excluding hydrogens is 217 g/mol. The van der Waals surface area contributed by atoms with Gasteiger partial charge in [-0.25, -0.2) is 0 Å². The first-order valence-electron chi connectivity index (χ1n) is 3.87. The highest BCUT2D eigenvalue weighted by atomic mass is 19.4. The molecule has 0 bridgehead atoms. The van der Waals surface area contributed by atoms with Gasteiger partial charge in [0.15, 0.2) is 12.1 Å². The van der Waals surface area contributed by atoms with Crippen molar-refractivity contribution < 1.29 is 32.5 Å². The van der Waals surface area contributed by atoms with Gasteiger partial charge in [-0.2, -0.15) is 13.2 Å². The number of methoxy groups -OCH3 is 2. The number of allylic oxidation sites excluding steroid dienone is 2. The molecule has 0 fully saturated rings. The van der Waals surface area contributed by atoms with Crippen LogP contribution in [0.2, 0.25) is 0 Å². The first-order valence-corrected chi connectivity index (χ1v) is 3.87. The van der Waals surface area contributed by atoms with Gasteiger partial charge in [0.1, 0.15) is 0 Å². The van der Waals surface area contributed by atoms with Crippen molar-refractivity contribution in [1.29, 1.82) is 0 Å². The number of hydrogen-bond donors (Lipinski definition) is 1. The van der Waals surface area contributed by atoms with Gasteiger partial charge in [-0.3, -0.25) is 4.79 Å². The Hall–Kier alpha value is -1.08. The first-order chi connectivity index (χ1) is 6.81. The molecule has 0 radical (unpaired) electrons. The Morgan fingerprint density at radius 2 is 1.87 bits per heavy atom. The number of carbonyl (C=O) groups is 1. The van der Waals surface area contributed by atoms with Crippen LogP contribution in [0.15, 0.2) is 11.8 Å². The summed E-state index contributed by atoms with van der Waals surface area (Å²) >= 11 is 0. The van der Waals surface area contributed by atoms with Gasteiger partial charge in [-0.15, -0.1) is 0 Å². The number of carbonyl (C=O) groups excluding carboxylic acids is 1. The standard InChI is InChI=1S/C8H11F3O4/c1-14-7(15-2)4-5(12)3-6(13)8(9,10)11/h3,7,13H,4H2,1-2H3/b6-3-. The second kappa shape index (κ2) is 5.72. The smallest absolute Gasteiger partial charge is 0.448 e. The summed E-state index contributed by atoms with van der Waals surface area (Å²) in [6.45, 7) is 0. The van der Waals surface area contributed by atoms with Crippen LogP contribution in [-0.2, 0) is 14.3 Å². The van der Waals surface area contributed by atoms with E-state index in [-0.39, 0.29) is 6.08 Å². The molecule has 0 spiro atoms. The largest absolute Gasteiger partial charge is 0.504 e. The highest BCUT2D eigenvalue weighted by Crippen LogP contribution is 2.23. The summed E-state index contributed by atoms with van der Waals surface area (Å²) in [5.74, 6) is -2.86. The number of ketones is 1. The molecule has 88 valence electrons. The fourth-order valence-corrected chi connectivity index (χ4v) is 0.720. The molecule has 0 rings (SSSR count). The third-order valence-corrected chi connectivity index (χ3v) is 1.48. The van der Waals surface area contributed by atoms with Crippen molar-refractivity contribution >= 4 is 5.78 Å². The van der Waals surface area contributed by atoms with Gasteiger partial charge in [0.05, 0.1) is 6.42 Å². The van der Waals surface area contributed by atoms with Crippen molar-refractivity contribution in [3.05, 3.63) is 11.8 Å². The Kier molecular flexibility index (Phi) is 5.31. The zero-order valence-electron chi connectivity index (χ0n) is 8.17. The minimum absolute atomic E-state index is 0.102. The van der Waals surface area contributed by atoms with E-state index in [1.54, 1.807) is 0 Å². The number of hydrogen-bond acceptors (Lipinski definition) is 4. The van der Waals surface area contributed by atoms with Crippen molar-refractivity contribution in [2.75, 3.05) is 14.2 Å². The molecule has 0 aromatic heterocycles. The number of halogens is 3. The minimum atomic E-state index is -4.91. The van der Waals surface area contributed by atoms with Crippen molar-refractivity contribution in [2.45, 2.75) is 18.9 Å². The number of aliphatic hydroxyl groups is 1. The molecule has 0 atom stereocenters. The van der Waals surface area contributed by atoms with E-state index in [4.69, 9.17) is 5.11 Å². The molecule has 0 saturated heterocycles. The second-order valence-electron chi connectivity index (χ2n) is 2.60. The lowest BCUT2D eigenvalue weighted by molar-refractivity contribution is -0.136. The van der Waals surface area contributed by atoms with Crippen LogP contribution in [-0.4, -0.2) is 37.6 Å². The average Bonchev–Trinajstić information content (AvgIpc) is 2.12. The number of ether oxygens (including phenoxy) is 2. The van der Waals surface area contributed by atoms with Crippen LogP contribution in [0, 0.1) is 0 Å². The van der Waals surface area contributed by atoms with Crippen molar-refractivity contribution in [2.24, 2.45) is 0 Å². The molecule has 0 aliphatic carbocycles. The first kappa shape index (κ1) is 13.9. The van der Waals surface area contributed by atoms with Crippen LogP contribution in [0.5, 0.6) is 0 Å². The van der Waals surface area contributed by atoms with E-state index in [1.807, 2.05) is 0 Å². The minimum Gasteiger partial charge on any atom is -0.504 e. The lowest BCUT2D eigenvalue weighted by Gasteiger charge is -2.11. The van der Waals surface area contributed by atoms with Gasteiger partial charge in [-0.05, 0) is 0 Å². The Labute approximate surface area is 84.3 Å². The summed E-state index contributed by atoms with van der Waals surface area (Å²) in [6.07, 6.45) is -6.13. The molecule has 15 heavy (non-hydrogen) atoms. The van der Waals surface area contributed by atoms with Crippen LogP contribution in [0.3, 0.4) is 0 Å². The van der Waals surface area contributed by atoms with Gasteiger partial charge in [0.2, 0.25) is 5.76 Å². The van der Waals surface area contributed by atoms with E-state index in [1.165, 1.54) is 14.2 Å². The number of alkyl halides is 3. The molecule has 0 saturated carbocycles. The lowest BCUT2D eigenvalue weighted by Crippen LogP contribution is -2.19. The molecule has 0 aliphatic heterocycles. The molecule has 0 unspecified atom stereocenters. The molecule has 1 N–H and O–H groups in total. The Morgan fingerprint density at radius 3 is 2.20 bits per heavy atom. The SMILES string of the molecule is COC(CC(=O)/C=C(\O)C(F)(F)F)OC. The average molecular weight is 228 g/mol. The van der Waals surface area contributed by atoms with E-state index < -0.39 is 30.4 Å². The van der Waals surface area contributed by atoms with E-state index in [0.29, 0.717) is 0 Å². The predicted molar refractivity (Wildman–Crippen MR) is 44.2 cm³/mol. The normalized spacial score (nSPS) is 13.3. The number of aliphatic hydroxyl groups excluding tert-OH is 1. The van der Waals surface area contributed by atoms with Crippen LogP contribution >= 0.6 is 0 Å². The topological polar surface area (TPSA) is 55.8 Å². The summed E-state index contributed by atoms with van der Waals surface area (Å²) in [4.78, 5) is 10.9. The molecule has 0 aliphatic rings. The molecule has 0 aromatic carbocycles. The monoisotopic (exact) mass is 228 g/mol. The quantitative estimate of drug-likeness (QED) is 0.441. The van der Waals surface area contributed by atoms with Gasteiger partial charge in [0, 0.05) is 20.3 Å². The van der Waals surface area contributed by atoms with E-state index in [2.05, 4.69) is 9.47 Å². The summed E-state index contributed by atoms with van der Waals surface area (Å²) < 4.78 is 44.5. The molecule has 0 amide bonds. The van der Waals surface area contributed by atoms with Crippen LogP contribution < -0.4 is 0 Å². The lowest BCUT2D eigenvalue weighted by atomic mass is 10.2. The van der Waals surface area contributed by atoms with Crippen LogP contribution in [0.4, 0.5) is 13.2 Å². The molecule has 0 aromatic rings. The van der Waals surface area contributed by atoms with Gasteiger partial charge in [-0.1, -0.05) is 0 Å². The Morgan fingerprint density at radius 1 is 1.40 bits per heavy atom. The van der Waals surface area contributed by atoms with Crippen LogP contribution in [0.25, 0.3) is 0 Å². The highest BCUT2D eigenvalue weighted by Gasteiger charge is 2.34. The van der Waals surface area contributed by atoms with Crippen molar-refractivity contribution in [3.8, 4) is 0 Å². The summed E-state index contributed by atoms with van der Waals surface area (Å²) in [5.41, 5.74) is 0. The maximum Gasteiger partial charge on any atom is 0.448 e. The van der Waals surface area contributed by atoms with E-state index in [9.17, 15) is 18.0 Å². The van der Waals surface area contributed by atoms with Crippen LogP contribution in [0.1, 0.15) is 6.42 Å². The zero-order chi connectivity index (χ0) is 12.1. The van der Waals surface area contributed by atoms with Gasteiger partial charge in [0.25, 0.3) is 0 Å². The highest BCUT2D eigenvalue weighted by molar-refractivity contribution is 5.90. The van der Waals surface area contributed by atoms with E-state index in [0.717, 1.165) is 0 Å². The third-order valence-electron chi connectivity index (χ3n) is 1.48. The fourth-order valence-electron chi connectivity index (χ4n) is 0.720. The van der Waals surface area contributed by atoms with Gasteiger partial charge >= 0.3 is 6.18 Å². The Balaban J connectivity index is 4.36. The Bertz CT molecular complexity index is 243. The summed E-state index contributed by atoms with van der Waals surface area (Å²) in [6, 6.07) is 0. The fraction of sp³-hybridized carbons (Fsp3) is 0.625. The third kappa shape index (κ3) is 5.38. The molecule has 0 heterocycles. The van der Waals surface area contributed by atoms with Gasteiger partial charge < -0.3 is 14.6 Å². The van der Waals surface area contributed by atoms with Crippen molar-refractivity contribution in [1.82, 2.24) is 0 Å². The molecule has 4 nitrogen and oxygen atoms in total. The molecule has 7 heteroatoms.